The van der Waals surface area contributed by atoms with Gasteiger partial charge in [0.15, 0.2) is 0 Å². The van der Waals surface area contributed by atoms with Crippen LogP contribution in [0, 0.1) is 0 Å². The van der Waals surface area contributed by atoms with E-state index in [1.54, 1.807) is 12.1 Å². The number of rotatable bonds is 5. The molecule has 1 fully saturated rings. The first-order valence-corrected chi connectivity index (χ1v) is 7.24. The minimum atomic E-state index is -0.119. The monoisotopic (exact) mass is 290 g/mol. The van der Waals surface area contributed by atoms with Crippen molar-refractivity contribution < 1.29 is 9.59 Å². The molecule has 4 N–H and O–H groups in total. The first-order chi connectivity index (χ1) is 10.1. The molecule has 0 aromatic heterocycles. The summed E-state index contributed by atoms with van der Waals surface area (Å²) in [6.45, 7) is 4.14. The number of carbonyl (C=O) groups is 2. The third-order valence-corrected chi connectivity index (χ3v) is 3.71. The lowest BCUT2D eigenvalue weighted by Crippen LogP contribution is -2.53. The van der Waals surface area contributed by atoms with Crippen LogP contribution in [0.5, 0.6) is 0 Å². The fourth-order valence-corrected chi connectivity index (χ4v) is 2.40. The van der Waals surface area contributed by atoms with Gasteiger partial charge >= 0.3 is 0 Å². The molecule has 1 saturated heterocycles. The van der Waals surface area contributed by atoms with Gasteiger partial charge in [-0.15, -0.1) is 0 Å². The summed E-state index contributed by atoms with van der Waals surface area (Å²) in [6.07, 6.45) is 1.13. The number of benzene rings is 1. The van der Waals surface area contributed by atoms with Crippen LogP contribution in [0.3, 0.4) is 0 Å². The van der Waals surface area contributed by atoms with Crippen LogP contribution in [-0.2, 0) is 9.59 Å². The molecule has 2 rings (SSSR count). The van der Waals surface area contributed by atoms with E-state index in [-0.39, 0.29) is 17.9 Å². The van der Waals surface area contributed by atoms with E-state index in [0.717, 1.165) is 19.5 Å². The van der Waals surface area contributed by atoms with Crippen LogP contribution in [0.25, 0.3) is 0 Å². The highest BCUT2D eigenvalue weighted by Gasteiger charge is 2.24. The van der Waals surface area contributed by atoms with Gasteiger partial charge in [-0.1, -0.05) is 12.1 Å². The molecule has 114 valence electrons. The Morgan fingerprint density at radius 1 is 1.48 bits per heavy atom. The van der Waals surface area contributed by atoms with Crippen LogP contribution in [0.2, 0.25) is 0 Å². The average Bonchev–Trinajstić information content (AvgIpc) is 2.46. The fourth-order valence-electron chi connectivity index (χ4n) is 2.40. The van der Waals surface area contributed by atoms with E-state index in [9.17, 15) is 9.59 Å². The van der Waals surface area contributed by atoms with Crippen LogP contribution in [-0.4, -0.2) is 42.4 Å². The second kappa shape index (κ2) is 7.08. The molecule has 1 unspecified atom stereocenters. The zero-order valence-corrected chi connectivity index (χ0v) is 12.3. The minimum Gasteiger partial charge on any atom is -0.397 e. The first kappa shape index (κ1) is 15.3. The fraction of sp³-hybridized carbons (Fsp3) is 0.467. The minimum absolute atomic E-state index is 0.0537. The topological polar surface area (TPSA) is 87.5 Å². The molecule has 0 saturated carbocycles. The number of hydrogen-bond donors (Lipinski definition) is 3. The molecule has 21 heavy (non-hydrogen) atoms. The molecule has 0 spiro atoms. The largest absolute Gasteiger partial charge is 0.397 e. The molecule has 1 aromatic carbocycles. The lowest BCUT2D eigenvalue weighted by molar-refractivity contribution is -0.128. The summed E-state index contributed by atoms with van der Waals surface area (Å²) in [5.41, 5.74) is 6.99. The van der Waals surface area contributed by atoms with Crippen molar-refractivity contribution in [2.75, 3.05) is 30.7 Å². The van der Waals surface area contributed by atoms with Gasteiger partial charge in [-0.3, -0.25) is 14.5 Å². The number of amides is 2. The molecular weight excluding hydrogens is 268 g/mol. The zero-order chi connectivity index (χ0) is 15.2. The van der Waals surface area contributed by atoms with Crippen molar-refractivity contribution in [3.8, 4) is 0 Å². The SMILES string of the molecule is CC1C(=O)NCCN1CCCC(=O)Nc1ccccc1N. The first-order valence-electron chi connectivity index (χ1n) is 7.24. The van der Waals surface area contributed by atoms with Crippen LogP contribution in [0.1, 0.15) is 19.8 Å². The highest BCUT2D eigenvalue weighted by Crippen LogP contribution is 2.17. The van der Waals surface area contributed by atoms with Gasteiger partial charge in [0.05, 0.1) is 17.4 Å². The number of para-hydroxylation sites is 2. The predicted molar refractivity (Wildman–Crippen MR) is 82.8 cm³/mol. The van der Waals surface area contributed by atoms with Gasteiger partial charge in [-0.05, 0) is 32.0 Å². The summed E-state index contributed by atoms with van der Waals surface area (Å²) in [5, 5.41) is 5.63. The Kier molecular flexibility index (Phi) is 5.16. The predicted octanol–water partition coefficient (Wildman–Crippen LogP) is 0.808. The van der Waals surface area contributed by atoms with E-state index in [4.69, 9.17) is 5.73 Å². The average molecular weight is 290 g/mol. The van der Waals surface area contributed by atoms with Crippen molar-refractivity contribution in [3.05, 3.63) is 24.3 Å². The maximum atomic E-state index is 11.9. The van der Waals surface area contributed by atoms with Crippen molar-refractivity contribution in [1.29, 1.82) is 0 Å². The van der Waals surface area contributed by atoms with Gasteiger partial charge in [-0.2, -0.15) is 0 Å². The Balaban J connectivity index is 1.74. The van der Waals surface area contributed by atoms with Crippen LogP contribution in [0.15, 0.2) is 24.3 Å². The molecule has 1 heterocycles. The summed E-state index contributed by atoms with van der Waals surface area (Å²) in [7, 11) is 0. The van der Waals surface area contributed by atoms with E-state index < -0.39 is 0 Å². The van der Waals surface area contributed by atoms with Gasteiger partial charge in [0.25, 0.3) is 0 Å². The number of carbonyl (C=O) groups excluding carboxylic acids is 2. The summed E-state index contributed by atoms with van der Waals surface area (Å²) >= 11 is 0. The smallest absolute Gasteiger partial charge is 0.237 e. The van der Waals surface area contributed by atoms with Crippen molar-refractivity contribution >= 4 is 23.2 Å². The van der Waals surface area contributed by atoms with E-state index in [1.165, 1.54) is 0 Å². The molecule has 0 radical (unpaired) electrons. The molecule has 1 aromatic rings. The number of nitrogens with two attached hydrogens (primary N) is 1. The molecular formula is C15H22N4O2. The van der Waals surface area contributed by atoms with Crippen molar-refractivity contribution in [1.82, 2.24) is 10.2 Å². The lowest BCUT2D eigenvalue weighted by Gasteiger charge is -2.32. The van der Waals surface area contributed by atoms with Crippen LogP contribution in [0.4, 0.5) is 11.4 Å². The number of hydrogen-bond acceptors (Lipinski definition) is 4. The summed E-state index contributed by atoms with van der Waals surface area (Å²) in [6, 6.07) is 7.08. The lowest BCUT2D eigenvalue weighted by atomic mass is 10.1. The van der Waals surface area contributed by atoms with Gasteiger partial charge < -0.3 is 16.4 Å². The Morgan fingerprint density at radius 2 is 2.24 bits per heavy atom. The summed E-state index contributed by atoms with van der Waals surface area (Å²) < 4.78 is 0. The number of nitrogens with zero attached hydrogens (tertiary/aromatic N) is 1. The number of anilines is 2. The number of nitrogens with one attached hydrogen (secondary N) is 2. The number of nitrogen functional groups attached to an aromatic ring is 1. The molecule has 6 heteroatoms. The molecule has 1 atom stereocenters. The highest BCUT2D eigenvalue weighted by atomic mass is 16.2. The Bertz CT molecular complexity index is 518. The van der Waals surface area contributed by atoms with Crippen molar-refractivity contribution in [2.45, 2.75) is 25.8 Å². The summed E-state index contributed by atoms with van der Waals surface area (Å²) in [5.74, 6) is 0.00442. The molecule has 1 aliphatic heterocycles. The molecule has 1 aliphatic rings. The van der Waals surface area contributed by atoms with Crippen molar-refractivity contribution in [2.24, 2.45) is 0 Å². The zero-order valence-electron chi connectivity index (χ0n) is 12.3. The molecule has 0 aliphatic carbocycles. The van der Waals surface area contributed by atoms with Gasteiger partial charge in [0, 0.05) is 19.5 Å². The normalized spacial score (nSPS) is 19.1. The maximum Gasteiger partial charge on any atom is 0.237 e. The Morgan fingerprint density at radius 3 is 3.00 bits per heavy atom. The Hall–Kier alpha value is -2.08. The third kappa shape index (κ3) is 4.19. The summed E-state index contributed by atoms with van der Waals surface area (Å²) in [4.78, 5) is 25.5. The third-order valence-electron chi connectivity index (χ3n) is 3.71. The van der Waals surface area contributed by atoms with E-state index >= 15 is 0 Å². The molecule has 2 amide bonds. The maximum absolute atomic E-state index is 11.9. The second-order valence-electron chi connectivity index (χ2n) is 5.24. The van der Waals surface area contributed by atoms with Crippen LogP contribution >= 0.6 is 0 Å². The van der Waals surface area contributed by atoms with Crippen LogP contribution < -0.4 is 16.4 Å². The van der Waals surface area contributed by atoms with Crippen molar-refractivity contribution in [3.63, 3.8) is 0 Å². The number of piperazine rings is 1. The van der Waals surface area contributed by atoms with Gasteiger partial charge in [0.2, 0.25) is 11.8 Å². The van der Waals surface area contributed by atoms with E-state index in [1.807, 2.05) is 19.1 Å². The second-order valence-corrected chi connectivity index (χ2v) is 5.24. The van der Waals surface area contributed by atoms with E-state index in [2.05, 4.69) is 15.5 Å². The molecule has 6 nitrogen and oxygen atoms in total. The van der Waals surface area contributed by atoms with Gasteiger partial charge in [-0.25, -0.2) is 0 Å². The standard InChI is InChI=1S/C15H22N4O2/c1-11-15(21)17-8-10-19(11)9-4-7-14(20)18-13-6-3-2-5-12(13)16/h2-3,5-6,11H,4,7-10,16H2,1H3,(H,17,21)(H,18,20). The Labute approximate surface area is 124 Å². The van der Waals surface area contributed by atoms with E-state index in [0.29, 0.717) is 24.3 Å². The quantitative estimate of drug-likeness (QED) is 0.700. The molecule has 0 bridgehead atoms. The van der Waals surface area contributed by atoms with Gasteiger partial charge in [0.1, 0.15) is 0 Å². The highest BCUT2D eigenvalue weighted by molar-refractivity contribution is 5.93.